The summed E-state index contributed by atoms with van der Waals surface area (Å²) in [7, 11) is 2.99. The van der Waals surface area contributed by atoms with Crippen LogP contribution in [-0.4, -0.2) is 113 Å². The van der Waals surface area contributed by atoms with Crippen LogP contribution in [0.5, 0.6) is 0 Å². The Balaban J connectivity index is 2.04. The number of hydrogen-bond acceptors (Lipinski definition) is 8. The normalized spacial score (nSPS) is 30.4. The third-order valence-electron chi connectivity index (χ3n) is 9.64. The number of hydroxylamine groups is 2. The number of likely N-dealkylation sites (N-methyl/N-ethyl adjacent to an activating group) is 2. The number of ketones is 1. The van der Waals surface area contributed by atoms with Crippen LogP contribution in [0.1, 0.15) is 92.4 Å². The van der Waals surface area contributed by atoms with Crippen LogP contribution < -0.4 is 0 Å². The second-order valence-electron chi connectivity index (χ2n) is 13.6. The van der Waals surface area contributed by atoms with Gasteiger partial charge >= 0.3 is 5.97 Å². The first-order valence-electron chi connectivity index (χ1n) is 16.9. The summed E-state index contributed by atoms with van der Waals surface area (Å²) >= 11 is 0. The van der Waals surface area contributed by atoms with Gasteiger partial charge in [0.05, 0.1) is 6.04 Å². The predicted octanol–water partition coefficient (Wildman–Crippen LogP) is 3.13. The molecule has 0 N–H and O–H groups in total. The van der Waals surface area contributed by atoms with Crippen molar-refractivity contribution in [1.82, 2.24) is 19.8 Å². The lowest BCUT2D eigenvalue weighted by Gasteiger charge is -2.38. The van der Waals surface area contributed by atoms with E-state index in [9.17, 15) is 28.8 Å². The van der Waals surface area contributed by atoms with Crippen molar-refractivity contribution in [3.05, 3.63) is 12.7 Å². The van der Waals surface area contributed by atoms with Crippen LogP contribution in [-0.2, 0) is 38.3 Å². The average Bonchev–Trinajstić information content (AvgIpc) is 3.65. The number of fused-ring (bicyclic) bond motifs is 2. The van der Waals surface area contributed by atoms with Gasteiger partial charge in [-0.3, -0.25) is 33.6 Å². The molecule has 0 aromatic rings. The van der Waals surface area contributed by atoms with Gasteiger partial charge in [0.15, 0.2) is 18.0 Å². The first kappa shape index (κ1) is 37.2. The Morgan fingerprint density at radius 3 is 2.17 bits per heavy atom. The maximum Gasteiger partial charge on any atom is 0.306 e. The van der Waals surface area contributed by atoms with E-state index < -0.39 is 54.0 Å². The van der Waals surface area contributed by atoms with Gasteiger partial charge in [-0.1, -0.05) is 47.1 Å². The number of carbonyl (C=O) groups is 6. The molecule has 0 aliphatic carbocycles. The van der Waals surface area contributed by atoms with E-state index in [0.29, 0.717) is 38.8 Å². The van der Waals surface area contributed by atoms with Crippen LogP contribution in [0.25, 0.3) is 0 Å². The Kier molecular flexibility index (Phi) is 13.3. The summed E-state index contributed by atoms with van der Waals surface area (Å²) < 4.78 is 5.73. The molecule has 3 aliphatic rings. The summed E-state index contributed by atoms with van der Waals surface area (Å²) in [6, 6.07) is -2.45. The van der Waals surface area contributed by atoms with E-state index >= 15 is 0 Å². The number of amides is 4. The van der Waals surface area contributed by atoms with Gasteiger partial charge in [0.2, 0.25) is 5.91 Å². The predicted molar refractivity (Wildman–Crippen MR) is 171 cm³/mol. The second-order valence-corrected chi connectivity index (χ2v) is 13.6. The van der Waals surface area contributed by atoms with Crippen molar-refractivity contribution in [2.24, 2.45) is 17.8 Å². The smallest absolute Gasteiger partial charge is 0.306 e. The highest BCUT2D eigenvalue weighted by atomic mass is 16.7. The number of cyclic esters (lactones) is 1. The minimum Gasteiger partial charge on any atom is -0.452 e. The summed E-state index contributed by atoms with van der Waals surface area (Å²) in [6.45, 7) is 14.0. The minimum absolute atomic E-state index is 0.0319. The molecule has 3 saturated heterocycles. The largest absolute Gasteiger partial charge is 0.452 e. The van der Waals surface area contributed by atoms with Crippen molar-refractivity contribution in [1.29, 1.82) is 0 Å². The average molecular weight is 647 g/mol. The van der Waals surface area contributed by atoms with Crippen LogP contribution in [0.4, 0.5) is 0 Å². The second kappa shape index (κ2) is 16.5. The molecular formula is C34H54N4O8. The molecule has 0 radical (unpaired) electrons. The summed E-state index contributed by atoms with van der Waals surface area (Å²) in [5.41, 5.74) is 0. The van der Waals surface area contributed by atoms with Gasteiger partial charge in [-0.2, -0.15) is 0 Å². The van der Waals surface area contributed by atoms with E-state index in [1.807, 2.05) is 34.6 Å². The SMILES string of the molecule is C=CCC1ON(C)C(=O)C(C(C)CC)N(C)C(=O)C2C(C)CCN2C(=O)C(CC(C)C)OC(=O)CCCC(=O)C2CCCN2C1=O. The number of carbonyl (C=O) groups excluding carboxylic acids is 6. The molecular weight excluding hydrogens is 592 g/mol. The molecule has 7 unspecified atom stereocenters. The first-order chi connectivity index (χ1) is 21.7. The van der Waals surface area contributed by atoms with E-state index in [-0.39, 0.29) is 61.5 Å². The van der Waals surface area contributed by atoms with Crippen molar-refractivity contribution in [3.8, 4) is 0 Å². The summed E-state index contributed by atoms with van der Waals surface area (Å²) in [6.07, 6.45) is 2.26. The Morgan fingerprint density at radius 1 is 0.870 bits per heavy atom. The summed E-state index contributed by atoms with van der Waals surface area (Å²) in [5, 5.41) is 1.02. The highest BCUT2D eigenvalue weighted by molar-refractivity contribution is 5.94. The van der Waals surface area contributed by atoms with Crippen LogP contribution in [0.15, 0.2) is 12.7 Å². The van der Waals surface area contributed by atoms with Gasteiger partial charge in [0, 0.05) is 46.4 Å². The Labute approximate surface area is 273 Å². The number of Topliss-reactive ketones (excluding diaryl/α,β-unsaturated/α-hetero) is 1. The molecule has 7 atom stereocenters. The highest BCUT2D eigenvalue weighted by Gasteiger charge is 2.47. The topological polar surface area (TPSA) is 134 Å². The quantitative estimate of drug-likeness (QED) is 0.318. The van der Waals surface area contributed by atoms with Gasteiger partial charge in [0.1, 0.15) is 12.1 Å². The zero-order valence-electron chi connectivity index (χ0n) is 28.7. The van der Waals surface area contributed by atoms with E-state index in [4.69, 9.17) is 9.57 Å². The maximum absolute atomic E-state index is 14.2. The van der Waals surface area contributed by atoms with Crippen LogP contribution in [0.2, 0.25) is 0 Å². The highest BCUT2D eigenvalue weighted by Crippen LogP contribution is 2.30. The molecule has 3 fully saturated rings. The lowest BCUT2D eigenvalue weighted by Crippen LogP contribution is -2.58. The molecule has 12 nitrogen and oxygen atoms in total. The standard InChI is InChI=1S/C34H54N4O8/c1-9-13-26-31(41)37-18-12-14-24(37)25(39)15-11-16-28(40)45-27(20-21(3)4)32(42)38-19-17-23(6)30(38)33(43)35(7)29(22(5)10-2)34(44)36(8)46-26/h9,21-24,26-27,29-30H,1,10-20H2,2-8H3. The van der Waals surface area contributed by atoms with Crippen molar-refractivity contribution in [3.63, 3.8) is 0 Å². The number of hydrogen-bond donors (Lipinski definition) is 0. The zero-order valence-corrected chi connectivity index (χ0v) is 28.7. The molecule has 0 bridgehead atoms. The lowest BCUT2D eigenvalue weighted by molar-refractivity contribution is -0.207. The molecule has 0 aromatic heterocycles. The van der Waals surface area contributed by atoms with E-state index in [1.165, 1.54) is 27.8 Å². The fraction of sp³-hybridized carbons (Fsp3) is 0.765. The van der Waals surface area contributed by atoms with E-state index in [0.717, 1.165) is 5.06 Å². The molecule has 0 aromatic carbocycles. The molecule has 0 spiro atoms. The molecule has 4 amide bonds. The fourth-order valence-corrected chi connectivity index (χ4v) is 6.85. The molecule has 3 rings (SSSR count). The molecule has 3 heterocycles. The third-order valence-corrected chi connectivity index (χ3v) is 9.64. The number of rotatable bonds is 6. The Morgan fingerprint density at radius 2 is 1.54 bits per heavy atom. The van der Waals surface area contributed by atoms with Gasteiger partial charge in [-0.05, 0) is 49.9 Å². The van der Waals surface area contributed by atoms with Crippen molar-refractivity contribution >= 4 is 35.4 Å². The Bertz CT molecular complexity index is 1160. The van der Waals surface area contributed by atoms with E-state index in [1.54, 1.807) is 7.05 Å². The van der Waals surface area contributed by atoms with E-state index in [2.05, 4.69) is 6.58 Å². The number of ether oxygens (including phenoxy) is 1. The first-order valence-corrected chi connectivity index (χ1v) is 16.9. The minimum atomic E-state index is -1.10. The molecule has 12 heteroatoms. The summed E-state index contributed by atoms with van der Waals surface area (Å²) in [5.74, 6) is -2.92. The maximum atomic E-state index is 14.2. The molecule has 3 aliphatic heterocycles. The summed E-state index contributed by atoms with van der Waals surface area (Å²) in [4.78, 5) is 92.6. The van der Waals surface area contributed by atoms with Gasteiger partial charge in [-0.25, -0.2) is 5.06 Å². The van der Waals surface area contributed by atoms with Crippen LogP contribution >= 0.6 is 0 Å². The molecule has 46 heavy (non-hydrogen) atoms. The van der Waals surface area contributed by atoms with Crippen LogP contribution in [0.3, 0.4) is 0 Å². The van der Waals surface area contributed by atoms with Crippen LogP contribution in [0, 0.1) is 17.8 Å². The zero-order chi connectivity index (χ0) is 34.3. The van der Waals surface area contributed by atoms with Crippen molar-refractivity contribution in [2.45, 2.75) is 123 Å². The Hall–Kier alpha value is -3.28. The van der Waals surface area contributed by atoms with Crippen molar-refractivity contribution < 1.29 is 38.3 Å². The third kappa shape index (κ3) is 8.54. The monoisotopic (exact) mass is 646 g/mol. The van der Waals surface area contributed by atoms with Crippen molar-refractivity contribution in [2.75, 3.05) is 27.2 Å². The molecule has 0 saturated carbocycles. The number of esters is 1. The van der Waals surface area contributed by atoms with Gasteiger partial charge in [0.25, 0.3) is 17.7 Å². The lowest BCUT2D eigenvalue weighted by atomic mass is 9.94. The van der Waals surface area contributed by atoms with Gasteiger partial charge in [-0.15, -0.1) is 6.58 Å². The number of nitrogens with zero attached hydrogens (tertiary/aromatic N) is 4. The molecule has 258 valence electrons. The van der Waals surface area contributed by atoms with Gasteiger partial charge < -0.3 is 19.4 Å². The fourth-order valence-electron chi connectivity index (χ4n) is 6.85.